The van der Waals surface area contributed by atoms with Gasteiger partial charge in [0.05, 0.1) is 49.1 Å². The molecule has 2 aromatic carbocycles. The molecule has 3 aromatic heterocycles. The molecule has 12 nitrogen and oxygen atoms in total. The van der Waals surface area contributed by atoms with E-state index < -0.39 is 5.82 Å². The number of aryl methyl sites for hydroxylation is 1. The van der Waals surface area contributed by atoms with Crippen LogP contribution in [-0.4, -0.2) is 89.1 Å². The second-order valence-electron chi connectivity index (χ2n) is 10.3. The van der Waals surface area contributed by atoms with Gasteiger partial charge in [-0.1, -0.05) is 13.0 Å². The second kappa shape index (κ2) is 11.8. The third-order valence-electron chi connectivity index (χ3n) is 7.69. The molecule has 0 spiro atoms. The number of aromatic hydroxyl groups is 1. The fourth-order valence-corrected chi connectivity index (χ4v) is 5.45. The Morgan fingerprint density at radius 3 is 2.65 bits per heavy atom. The number of nitrogens with zero attached hydrogens (tertiary/aromatic N) is 6. The minimum Gasteiger partial charge on any atom is -0.505 e. The predicted molar refractivity (Wildman–Crippen MR) is 157 cm³/mol. The first kappa shape index (κ1) is 28.2. The fourth-order valence-electron chi connectivity index (χ4n) is 5.45. The van der Waals surface area contributed by atoms with Crippen LogP contribution in [0.25, 0.3) is 33.5 Å². The monoisotopic (exact) mass is 586 g/mol. The third-order valence-corrected chi connectivity index (χ3v) is 7.69. The van der Waals surface area contributed by atoms with Gasteiger partial charge in [0.15, 0.2) is 17.4 Å². The maximum absolute atomic E-state index is 14.2. The molecule has 1 aliphatic rings. The molecule has 0 unspecified atom stereocenters. The van der Waals surface area contributed by atoms with Crippen LogP contribution in [0.2, 0.25) is 0 Å². The smallest absolute Gasteiger partial charge is 0.274 e. The molecule has 43 heavy (non-hydrogen) atoms. The van der Waals surface area contributed by atoms with Gasteiger partial charge in [-0.25, -0.2) is 19.3 Å². The number of amides is 1. The number of phenolic OH excluding ortho intramolecular Hbond substituents is 1. The zero-order chi connectivity index (χ0) is 30.1. The molecule has 0 saturated heterocycles. The molecule has 5 aromatic rings. The first-order valence-electron chi connectivity index (χ1n) is 14.1. The van der Waals surface area contributed by atoms with Gasteiger partial charge >= 0.3 is 0 Å². The van der Waals surface area contributed by atoms with Crippen molar-refractivity contribution in [2.75, 3.05) is 37.7 Å². The topological polar surface area (TPSA) is 167 Å². The number of rotatable bonds is 9. The highest BCUT2D eigenvalue weighted by Crippen LogP contribution is 2.34. The summed E-state index contributed by atoms with van der Waals surface area (Å²) in [4.78, 5) is 33.3. The van der Waals surface area contributed by atoms with E-state index >= 15 is 0 Å². The summed E-state index contributed by atoms with van der Waals surface area (Å²) in [5.74, 6) is -0.235. The molecule has 222 valence electrons. The maximum Gasteiger partial charge on any atom is 0.274 e. The number of H-pyrrole nitrogens is 2. The van der Waals surface area contributed by atoms with E-state index in [4.69, 9.17) is 4.98 Å². The summed E-state index contributed by atoms with van der Waals surface area (Å²) in [6.07, 6.45) is 4.08. The number of aliphatic hydroxyl groups is 2. The standard InChI is InChI=1S/C30H31FN8O4/c1-2-17-12-26(42)21(31)13-20(17)18-3-4-19-23(11-18)36-37-28(19)29-34-22-5-6-39(16-25(22)35-29)30(43)24-14-33-27(15-32-24)38(7-9-40)8-10-41/h3-4,11-15,40-42H,2,5-10,16H2,1H3,(H,34,35)(H,36,37). The van der Waals surface area contributed by atoms with Gasteiger partial charge in [0.2, 0.25) is 0 Å². The van der Waals surface area contributed by atoms with Crippen molar-refractivity contribution < 1.29 is 24.5 Å². The maximum atomic E-state index is 14.2. The summed E-state index contributed by atoms with van der Waals surface area (Å²) in [5, 5.41) is 36.7. The van der Waals surface area contributed by atoms with Crippen molar-refractivity contribution in [3.05, 3.63) is 71.2 Å². The lowest BCUT2D eigenvalue weighted by Gasteiger charge is -2.26. The highest BCUT2D eigenvalue weighted by atomic mass is 19.1. The molecule has 0 saturated carbocycles. The molecule has 0 aliphatic carbocycles. The number of aliphatic hydroxyl groups excluding tert-OH is 2. The highest BCUT2D eigenvalue weighted by Gasteiger charge is 2.27. The quantitative estimate of drug-likeness (QED) is 0.174. The Hall–Kier alpha value is -4.88. The number of anilines is 1. The van der Waals surface area contributed by atoms with Gasteiger partial charge < -0.3 is 30.1 Å². The number of carbonyl (C=O) groups is 1. The lowest BCUT2D eigenvalue weighted by molar-refractivity contribution is 0.0725. The number of benzene rings is 2. The normalized spacial score (nSPS) is 13.0. The molecule has 4 heterocycles. The van der Waals surface area contributed by atoms with Crippen LogP contribution in [0.15, 0.2) is 42.7 Å². The number of aromatic nitrogens is 6. The molecular weight excluding hydrogens is 555 g/mol. The number of imidazole rings is 1. The zero-order valence-electron chi connectivity index (χ0n) is 23.5. The summed E-state index contributed by atoms with van der Waals surface area (Å²) in [6.45, 7) is 3.14. The number of nitrogens with one attached hydrogen (secondary N) is 2. The molecule has 5 N–H and O–H groups in total. The first-order chi connectivity index (χ1) is 20.9. The second-order valence-corrected chi connectivity index (χ2v) is 10.3. The van der Waals surface area contributed by atoms with Crippen LogP contribution < -0.4 is 4.90 Å². The van der Waals surface area contributed by atoms with E-state index in [0.717, 1.165) is 33.4 Å². The van der Waals surface area contributed by atoms with Crippen LogP contribution in [-0.2, 0) is 19.4 Å². The van der Waals surface area contributed by atoms with Crippen LogP contribution in [0.4, 0.5) is 10.2 Å². The van der Waals surface area contributed by atoms with Gasteiger partial charge in [-0.2, -0.15) is 5.10 Å². The Kier molecular flexibility index (Phi) is 7.74. The molecule has 1 aliphatic heterocycles. The van der Waals surface area contributed by atoms with Crippen LogP contribution in [0.1, 0.15) is 34.4 Å². The summed E-state index contributed by atoms with van der Waals surface area (Å²) < 4.78 is 14.2. The van der Waals surface area contributed by atoms with Gasteiger partial charge in [-0.3, -0.25) is 9.89 Å². The van der Waals surface area contributed by atoms with E-state index in [2.05, 4.69) is 25.1 Å². The number of hydrogen-bond acceptors (Lipinski definition) is 9. The van der Waals surface area contributed by atoms with Crippen LogP contribution in [0.5, 0.6) is 5.75 Å². The van der Waals surface area contributed by atoms with E-state index in [1.165, 1.54) is 24.5 Å². The number of phenols is 1. The average molecular weight is 587 g/mol. The number of carbonyl (C=O) groups excluding carboxylic acids is 1. The minimum absolute atomic E-state index is 0.0966. The van der Waals surface area contributed by atoms with Crippen LogP contribution in [0, 0.1) is 5.82 Å². The Bertz CT molecular complexity index is 1780. The Morgan fingerprint density at radius 2 is 1.93 bits per heavy atom. The molecular formula is C30H31FN8O4. The zero-order valence-corrected chi connectivity index (χ0v) is 23.5. The summed E-state index contributed by atoms with van der Waals surface area (Å²) in [5.41, 5.74) is 5.63. The van der Waals surface area contributed by atoms with Crippen molar-refractivity contribution in [1.29, 1.82) is 0 Å². The van der Waals surface area contributed by atoms with Gasteiger partial charge in [0.1, 0.15) is 17.2 Å². The molecule has 1 amide bonds. The van der Waals surface area contributed by atoms with Crippen molar-refractivity contribution in [2.45, 2.75) is 26.3 Å². The fraction of sp³-hybridized carbons (Fsp3) is 0.300. The van der Waals surface area contributed by atoms with Crippen LogP contribution >= 0.6 is 0 Å². The van der Waals surface area contributed by atoms with Gasteiger partial charge in [0, 0.05) is 31.4 Å². The van der Waals surface area contributed by atoms with E-state index in [-0.39, 0.29) is 30.6 Å². The van der Waals surface area contributed by atoms with Crippen molar-refractivity contribution in [3.8, 4) is 28.4 Å². The SMILES string of the molecule is CCc1cc(O)c(F)cc1-c1ccc2c(-c3nc4c([nH]3)CN(C(=O)c3cnc(N(CCO)CCO)cn3)CC4)n[nH]c2c1. The number of halogens is 1. The molecule has 0 fully saturated rings. The average Bonchev–Trinajstić information content (AvgIpc) is 3.65. The molecule has 0 radical (unpaired) electrons. The van der Waals surface area contributed by atoms with Gasteiger partial charge in [0.25, 0.3) is 5.91 Å². The van der Waals surface area contributed by atoms with E-state index in [9.17, 15) is 24.5 Å². The number of aromatic amines is 2. The third kappa shape index (κ3) is 5.40. The van der Waals surface area contributed by atoms with Gasteiger partial charge in [-0.15, -0.1) is 0 Å². The minimum atomic E-state index is -0.668. The number of hydrogen-bond donors (Lipinski definition) is 5. The Labute approximate surface area is 245 Å². The lowest BCUT2D eigenvalue weighted by atomic mass is 9.96. The predicted octanol–water partition coefficient (Wildman–Crippen LogP) is 2.81. The van der Waals surface area contributed by atoms with E-state index in [0.29, 0.717) is 61.9 Å². The highest BCUT2D eigenvalue weighted by molar-refractivity contribution is 5.94. The molecule has 6 rings (SSSR count). The Morgan fingerprint density at radius 1 is 1.12 bits per heavy atom. The summed E-state index contributed by atoms with van der Waals surface area (Å²) in [7, 11) is 0. The number of fused-ring (bicyclic) bond motifs is 2. The van der Waals surface area contributed by atoms with Crippen molar-refractivity contribution in [2.24, 2.45) is 0 Å². The molecule has 0 atom stereocenters. The van der Waals surface area contributed by atoms with E-state index in [1.807, 2.05) is 25.1 Å². The summed E-state index contributed by atoms with van der Waals surface area (Å²) in [6, 6.07) is 8.52. The van der Waals surface area contributed by atoms with E-state index in [1.54, 1.807) is 9.80 Å². The molecule has 0 bridgehead atoms. The lowest BCUT2D eigenvalue weighted by Crippen LogP contribution is -2.36. The van der Waals surface area contributed by atoms with Crippen LogP contribution in [0.3, 0.4) is 0 Å². The van der Waals surface area contributed by atoms with Crippen molar-refractivity contribution in [1.82, 2.24) is 35.0 Å². The van der Waals surface area contributed by atoms with Crippen molar-refractivity contribution >= 4 is 22.6 Å². The molecule has 13 heteroatoms. The van der Waals surface area contributed by atoms with Crippen molar-refractivity contribution in [3.63, 3.8) is 0 Å². The largest absolute Gasteiger partial charge is 0.505 e. The summed E-state index contributed by atoms with van der Waals surface area (Å²) >= 11 is 0. The first-order valence-corrected chi connectivity index (χ1v) is 14.1. The Balaban J connectivity index is 1.21. The van der Waals surface area contributed by atoms with Gasteiger partial charge in [-0.05, 0) is 47.4 Å².